The number of benzene rings is 1. The third-order valence-corrected chi connectivity index (χ3v) is 6.70. The van der Waals surface area contributed by atoms with E-state index in [4.69, 9.17) is 19.9 Å². The van der Waals surface area contributed by atoms with E-state index < -0.39 is 35.5 Å². The fourth-order valence-electron chi connectivity index (χ4n) is 4.53. The number of primary amides is 1. The van der Waals surface area contributed by atoms with Crippen molar-refractivity contribution in [1.29, 1.82) is 0 Å². The lowest BCUT2D eigenvalue weighted by Gasteiger charge is -2.41. The fraction of sp³-hybridized carbons (Fsp3) is 0.435. The Morgan fingerprint density at radius 2 is 2.03 bits per heavy atom. The number of aromatic nitrogens is 1. The van der Waals surface area contributed by atoms with Crippen molar-refractivity contribution in [3.05, 3.63) is 51.6 Å². The molecule has 0 aliphatic carbocycles. The summed E-state index contributed by atoms with van der Waals surface area (Å²) in [5.74, 6) is -1.37. The van der Waals surface area contributed by atoms with E-state index in [0.29, 0.717) is 23.5 Å². The highest BCUT2D eigenvalue weighted by atomic mass is 32.1. The average molecular weight is 494 g/mol. The Morgan fingerprint density at radius 1 is 1.29 bits per heavy atom. The molecule has 2 N–H and O–H groups in total. The average Bonchev–Trinajstić information content (AvgIpc) is 3.38. The normalized spacial score (nSPS) is 21.6. The Balaban J connectivity index is 1.93. The maximum absolute atomic E-state index is 13.2. The molecule has 182 valence electrons. The van der Waals surface area contributed by atoms with Gasteiger partial charge in [-0.05, 0) is 56.5 Å². The summed E-state index contributed by atoms with van der Waals surface area (Å²) in [6, 6.07) is 2.23. The Bertz CT molecular complexity index is 1150. The molecule has 8 nitrogen and oxygen atoms in total. The van der Waals surface area contributed by atoms with Crippen LogP contribution in [0.4, 0.5) is 8.78 Å². The van der Waals surface area contributed by atoms with Crippen LogP contribution in [0.5, 0.6) is 11.5 Å². The number of esters is 1. The maximum atomic E-state index is 13.2. The topological polar surface area (TPSA) is 104 Å². The molecule has 1 aromatic carbocycles. The lowest BCUT2D eigenvalue weighted by molar-refractivity contribution is -0.152. The molecule has 2 unspecified atom stereocenters. The van der Waals surface area contributed by atoms with Gasteiger partial charge in [-0.25, -0.2) is 9.78 Å². The SMILES string of the molecule is COc1cc2c(cc1OC(F)F)C1N(CC2)C(C(=O)OC(C)(C)C)=CC1(C(N)=O)c1nccs1. The van der Waals surface area contributed by atoms with Gasteiger partial charge >= 0.3 is 12.6 Å². The molecule has 0 saturated heterocycles. The summed E-state index contributed by atoms with van der Waals surface area (Å²) < 4.78 is 41.8. The molecule has 1 aromatic heterocycles. The molecule has 0 bridgehead atoms. The van der Waals surface area contributed by atoms with Crippen molar-refractivity contribution in [2.45, 2.75) is 50.9 Å². The minimum Gasteiger partial charge on any atom is -0.493 e. The Labute approximate surface area is 199 Å². The van der Waals surface area contributed by atoms with Gasteiger partial charge in [-0.1, -0.05) is 0 Å². The molecule has 34 heavy (non-hydrogen) atoms. The van der Waals surface area contributed by atoms with Gasteiger partial charge in [0.1, 0.15) is 21.7 Å². The van der Waals surface area contributed by atoms with E-state index in [1.165, 1.54) is 36.8 Å². The predicted octanol–water partition coefficient (Wildman–Crippen LogP) is 3.31. The van der Waals surface area contributed by atoms with Crippen LogP contribution >= 0.6 is 11.3 Å². The first-order valence-electron chi connectivity index (χ1n) is 10.6. The second kappa shape index (κ2) is 8.53. The number of methoxy groups -OCH3 is 1. The van der Waals surface area contributed by atoms with Gasteiger partial charge in [0, 0.05) is 18.1 Å². The summed E-state index contributed by atoms with van der Waals surface area (Å²) in [6.07, 6.45) is 3.50. The molecule has 4 rings (SSSR count). The summed E-state index contributed by atoms with van der Waals surface area (Å²) >= 11 is 1.22. The van der Waals surface area contributed by atoms with Gasteiger partial charge in [0.05, 0.1) is 13.2 Å². The minimum absolute atomic E-state index is 0.143. The van der Waals surface area contributed by atoms with Gasteiger partial charge in [-0.2, -0.15) is 8.78 Å². The highest BCUT2D eigenvalue weighted by Crippen LogP contribution is 2.54. The van der Waals surface area contributed by atoms with Crippen molar-refractivity contribution < 1.29 is 32.6 Å². The van der Waals surface area contributed by atoms with Crippen LogP contribution in [0.3, 0.4) is 0 Å². The van der Waals surface area contributed by atoms with Crippen molar-refractivity contribution in [2.24, 2.45) is 5.73 Å². The van der Waals surface area contributed by atoms with E-state index in [1.807, 2.05) is 0 Å². The molecule has 0 spiro atoms. The number of hydrogen-bond donors (Lipinski definition) is 1. The first-order valence-corrected chi connectivity index (χ1v) is 11.4. The molecule has 0 radical (unpaired) electrons. The van der Waals surface area contributed by atoms with Gasteiger partial charge in [0.25, 0.3) is 0 Å². The van der Waals surface area contributed by atoms with Crippen LogP contribution in [-0.4, -0.2) is 47.6 Å². The minimum atomic E-state index is -3.08. The third kappa shape index (κ3) is 3.97. The number of halogens is 2. The monoisotopic (exact) mass is 493 g/mol. The van der Waals surface area contributed by atoms with E-state index in [-0.39, 0.29) is 17.2 Å². The Morgan fingerprint density at radius 3 is 2.59 bits per heavy atom. The molecular weight excluding hydrogens is 468 g/mol. The lowest BCUT2D eigenvalue weighted by Crippen LogP contribution is -2.48. The number of nitrogens with two attached hydrogens (primary N) is 1. The first-order chi connectivity index (χ1) is 16.0. The second-order valence-electron chi connectivity index (χ2n) is 9.03. The van der Waals surface area contributed by atoms with E-state index in [2.05, 4.69) is 4.98 Å². The largest absolute Gasteiger partial charge is 0.493 e. The number of amides is 1. The first kappa shape index (κ1) is 23.9. The maximum Gasteiger partial charge on any atom is 0.387 e. The van der Waals surface area contributed by atoms with E-state index in [1.54, 1.807) is 37.1 Å². The molecule has 11 heteroatoms. The Hall–Kier alpha value is -3.21. The van der Waals surface area contributed by atoms with Crippen LogP contribution in [0, 0.1) is 0 Å². The van der Waals surface area contributed by atoms with Gasteiger partial charge in [-0.15, -0.1) is 11.3 Å². The number of carbonyl (C=O) groups is 2. The van der Waals surface area contributed by atoms with Gasteiger partial charge < -0.3 is 24.8 Å². The summed E-state index contributed by atoms with van der Waals surface area (Å²) in [4.78, 5) is 32.4. The number of nitrogens with zero attached hydrogens (tertiary/aromatic N) is 2. The molecule has 2 aliphatic rings. The number of alkyl halides is 2. The van der Waals surface area contributed by atoms with Crippen LogP contribution in [-0.2, 0) is 26.2 Å². The summed E-state index contributed by atoms with van der Waals surface area (Å²) in [6.45, 7) is 2.51. The van der Waals surface area contributed by atoms with Crippen LogP contribution in [0.25, 0.3) is 0 Å². The standard InChI is InChI=1S/C23H25F2N3O5S/c1-22(2,3)33-18(29)14-11-23(19(26)30,20-27-6-8-34-20)17-13-10-16(32-21(24)25)15(31-4)9-12(13)5-7-28(14)17/h6,8-11,17,21H,5,7H2,1-4H3,(H2,26,30). The van der Waals surface area contributed by atoms with E-state index in [9.17, 15) is 18.4 Å². The molecule has 3 heterocycles. The number of thiazole rings is 1. The van der Waals surface area contributed by atoms with Crippen molar-refractivity contribution in [3.8, 4) is 11.5 Å². The number of hydrogen-bond acceptors (Lipinski definition) is 8. The summed E-state index contributed by atoms with van der Waals surface area (Å²) in [7, 11) is 1.36. The molecule has 2 atom stereocenters. The smallest absolute Gasteiger partial charge is 0.387 e. The van der Waals surface area contributed by atoms with Gasteiger partial charge in [-0.3, -0.25) is 4.79 Å². The van der Waals surface area contributed by atoms with Crippen LogP contribution < -0.4 is 15.2 Å². The number of ether oxygens (including phenoxy) is 3. The number of carbonyl (C=O) groups excluding carboxylic acids is 2. The second-order valence-corrected chi connectivity index (χ2v) is 9.92. The van der Waals surface area contributed by atoms with E-state index in [0.717, 1.165) is 5.56 Å². The van der Waals surface area contributed by atoms with Crippen LogP contribution in [0.15, 0.2) is 35.5 Å². The van der Waals surface area contributed by atoms with Crippen LogP contribution in [0.2, 0.25) is 0 Å². The number of fused-ring (bicyclic) bond motifs is 3. The predicted molar refractivity (Wildman–Crippen MR) is 120 cm³/mol. The molecule has 2 aliphatic heterocycles. The van der Waals surface area contributed by atoms with Crippen molar-refractivity contribution in [3.63, 3.8) is 0 Å². The molecule has 1 amide bonds. The van der Waals surface area contributed by atoms with Crippen LogP contribution in [0.1, 0.15) is 42.9 Å². The highest BCUT2D eigenvalue weighted by Gasteiger charge is 2.58. The molecule has 2 aromatic rings. The fourth-order valence-corrected chi connectivity index (χ4v) is 5.37. The molecular formula is C23H25F2N3O5S. The molecule has 0 saturated carbocycles. The summed E-state index contributed by atoms with van der Waals surface area (Å²) in [5.41, 5.74) is 5.14. The molecule has 0 fully saturated rings. The van der Waals surface area contributed by atoms with Gasteiger partial charge in [0.2, 0.25) is 5.91 Å². The number of rotatable bonds is 6. The zero-order chi connectivity index (χ0) is 24.8. The summed E-state index contributed by atoms with van der Waals surface area (Å²) in [5, 5.41) is 2.08. The third-order valence-electron chi connectivity index (χ3n) is 5.78. The zero-order valence-electron chi connectivity index (χ0n) is 19.1. The van der Waals surface area contributed by atoms with Gasteiger partial charge in [0.15, 0.2) is 11.5 Å². The Kier molecular flexibility index (Phi) is 6.01. The van der Waals surface area contributed by atoms with E-state index >= 15 is 0 Å². The van der Waals surface area contributed by atoms with Crippen molar-refractivity contribution >= 4 is 23.2 Å². The quantitative estimate of drug-likeness (QED) is 0.616. The zero-order valence-corrected chi connectivity index (χ0v) is 19.9. The van der Waals surface area contributed by atoms with Crippen molar-refractivity contribution in [1.82, 2.24) is 9.88 Å². The van der Waals surface area contributed by atoms with Crippen molar-refractivity contribution in [2.75, 3.05) is 13.7 Å². The lowest BCUT2D eigenvalue weighted by atomic mass is 9.75. The highest BCUT2D eigenvalue weighted by molar-refractivity contribution is 7.09.